The molecule has 0 saturated carbocycles. The molecule has 0 aliphatic carbocycles. The van der Waals surface area contributed by atoms with Crippen LogP contribution in [-0.4, -0.2) is 54.0 Å². The quantitative estimate of drug-likeness (QED) is 0.520. The van der Waals surface area contributed by atoms with Gasteiger partial charge in [0.15, 0.2) is 0 Å². The first kappa shape index (κ1) is 25.6. The van der Waals surface area contributed by atoms with E-state index in [1.54, 1.807) is 6.21 Å². The van der Waals surface area contributed by atoms with Gasteiger partial charge in [0.2, 0.25) is 5.91 Å². The van der Waals surface area contributed by atoms with Gasteiger partial charge in [0, 0.05) is 19.6 Å². The summed E-state index contributed by atoms with van der Waals surface area (Å²) in [5.74, 6) is -0.177. The number of hydrogen-bond donors (Lipinski definition) is 1. The van der Waals surface area contributed by atoms with Crippen LogP contribution < -0.4 is 5.43 Å². The van der Waals surface area contributed by atoms with E-state index < -0.39 is 0 Å². The van der Waals surface area contributed by atoms with Crippen molar-refractivity contribution in [1.82, 2.24) is 15.2 Å². The molecule has 1 saturated heterocycles. The Labute approximate surface area is 204 Å². The van der Waals surface area contributed by atoms with E-state index in [4.69, 9.17) is 0 Å². The normalized spacial score (nSPS) is 15.7. The highest BCUT2D eigenvalue weighted by Crippen LogP contribution is 2.29. The molecular weight excluding hydrogens is 424 g/mol. The molecule has 2 amide bonds. The van der Waals surface area contributed by atoms with Crippen molar-refractivity contribution in [2.75, 3.05) is 26.2 Å². The number of nitrogens with zero attached hydrogens (tertiary/aromatic N) is 3. The first-order valence-corrected chi connectivity index (χ1v) is 11.9. The maximum atomic E-state index is 12.5. The third-order valence-electron chi connectivity index (χ3n) is 6.07. The van der Waals surface area contributed by atoms with Crippen molar-refractivity contribution in [3.63, 3.8) is 0 Å². The molecule has 34 heavy (non-hydrogen) atoms. The molecule has 0 unspecified atom stereocenters. The number of carbonyl (C=O) groups excluding carboxylic acids is 2. The van der Waals surface area contributed by atoms with Gasteiger partial charge in [-0.3, -0.25) is 14.5 Å². The molecule has 0 spiro atoms. The highest BCUT2D eigenvalue weighted by Gasteiger charge is 2.25. The Morgan fingerprint density at radius 2 is 1.59 bits per heavy atom. The van der Waals surface area contributed by atoms with E-state index in [1.807, 2.05) is 40.1 Å². The molecule has 182 valence electrons. The zero-order valence-electron chi connectivity index (χ0n) is 21.4. The van der Waals surface area contributed by atoms with Gasteiger partial charge in [-0.2, -0.15) is 5.10 Å². The number of rotatable bonds is 6. The van der Waals surface area contributed by atoms with Crippen LogP contribution in [0.1, 0.15) is 63.8 Å². The molecule has 1 aliphatic rings. The number of amides is 2. The zero-order valence-corrected chi connectivity index (χ0v) is 21.4. The highest BCUT2D eigenvalue weighted by atomic mass is 16.2. The average molecular weight is 463 g/mol. The zero-order chi connectivity index (χ0) is 24.9. The summed E-state index contributed by atoms with van der Waals surface area (Å²) in [5, 5.41) is 4.20. The van der Waals surface area contributed by atoms with Crippen LogP contribution in [-0.2, 0) is 27.0 Å². The van der Waals surface area contributed by atoms with Gasteiger partial charge in [-0.15, -0.1) is 0 Å². The van der Waals surface area contributed by atoms with Crippen LogP contribution in [0.15, 0.2) is 53.6 Å². The number of hydrogen-bond acceptors (Lipinski definition) is 4. The molecule has 1 fully saturated rings. The van der Waals surface area contributed by atoms with Crippen molar-refractivity contribution >= 4 is 18.0 Å². The van der Waals surface area contributed by atoms with Gasteiger partial charge < -0.3 is 4.90 Å². The van der Waals surface area contributed by atoms with Gasteiger partial charge in [-0.1, -0.05) is 77.9 Å². The summed E-state index contributed by atoms with van der Waals surface area (Å²) in [4.78, 5) is 28.7. The molecule has 1 N–H and O–H groups in total. The summed E-state index contributed by atoms with van der Waals surface area (Å²) in [6.07, 6.45) is 1.70. The Hall–Kier alpha value is -2.99. The lowest BCUT2D eigenvalue weighted by molar-refractivity contribution is -0.137. The number of piperazine rings is 1. The van der Waals surface area contributed by atoms with Crippen molar-refractivity contribution in [3.05, 3.63) is 70.8 Å². The average Bonchev–Trinajstić information content (AvgIpc) is 2.75. The fourth-order valence-electron chi connectivity index (χ4n) is 3.87. The van der Waals surface area contributed by atoms with Crippen molar-refractivity contribution in [1.29, 1.82) is 0 Å². The SMILES string of the molecule is CC(C)(C)c1cc(/C=N/NC(=O)CN2CCN(Cc3ccccc3)C(=O)C2)cc(C(C)(C)C)c1. The van der Waals surface area contributed by atoms with E-state index >= 15 is 0 Å². The minimum Gasteiger partial charge on any atom is -0.336 e. The van der Waals surface area contributed by atoms with Gasteiger partial charge in [-0.25, -0.2) is 5.43 Å². The summed E-state index contributed by atoms with van der Waals surface area (Å²) in [7, 11) is 0. The third kappa shape index (κ3) is 7.26. The lowest BCUT2D eigenvalue weighted by atomic mass is 9.80. The fourth-order valence-corrected chi connectivity index (χ4v) is 3.87. The molecule has 0 bridgehead atoms. The second kappa shape index (κ2) is 10.5. The first-order chi connectivity index (χ1) is 15.9. The predicted octanol–water partition coefficient (Wildman–Crippen LogP) is 4.08. The molecule has 1 heterocycles. The predicted molar refractivity (Wildman–Crippen MR) is 138 cm³/mol. The summed E-state index contributed by atoms with van der Waals surface area (Å²) in [5.41, 5.74) is 7.20. The summed E-state index contributed by atoms with van der Waals surface area (Å²) < 4.78 is 0. The maximum absolute atomic E-state index is 12.5. The van der Waals surface area contributed by atoms with Crippen LogP contribution in [0.5, 0.6) is 0 Å². The molecule has 0 aromatic heterocycles. The smallest absolute Gasteiger partial charge is 0.254 e. The Morgan fingerprint density at radius 1 is 0.971 bits per heavy atom. The molecule has 2 aromatic carbocycles. The summed E-state index contributed by atoms with van der Waals surface area (Å²) in [6.45, 7) is 15.4. The van der Waals surface area contributed by atoms with Crippen LogP contribution in [0.25, 0.3) is 0 Å². The molecule has 6 nitrogen and oxygen atoms in total. The molecule has 3 rings (SSSR count). The van der Waals surface area contributed by atoms with E-state index in [9.17, 15) is 9.59 Å². The van der Waals surface area contributed by atoms with Crippen LogP contribution in [0, 0.1) is 0 Å². The fraction of sp³-hybridized carbons (Fsp3) is 0.464. The standard InChI is InChI=1S/C28H38N4O2/c1-27(2,3)23-14-22(15-24(16-23)28(4,5)6)17-29-30-25(33)19-31-12-13-32(26(34)20-31)18-21-10-8-7-9-11-21/h7-11,14-17H,12-13,18-20H2,1-6H3,(H,30,33)/b29-17+. The Bertz CT molecular complexity index is 1000. The van der Waals surface area contributed by atoms with E-state index in [1.165, 1.54) is 11.1 Å². The molecule has 0 radical (unpaired) electrons. The second-order valence-corrected chi connectivity index (χ2v) is 11.1. The Balaban J connectivity index is 1.55. The minimum atomic E-state index is -0.219. The van der Waals surface area contributed by atoms with Gasteiger partial charge in [0.25, 0.3) is 5.91 Å². The Kier molecular flexibility index (Phi) is 7.93. The van der Waals surface area contributed by atoms with E-state index in [0.717, 1.165) is 11.1 Å². The monoisotopic (exact) mass is 462 g/mol. The second-order valence-electron chi connectivity index (χ2n) is 11.1. The van der Waals surface area contributed by atoms with Crippen molar-refractivity contribution in [2.45, 2.75) is 58.9 Å². The van der Waals surface area contributed by atoms with Gasteiger partial charge in [-0.05, 0) is 45.2 Å². The number of carbonyl (C=O) groups is 2. The molecule has 2 aromatic rings. The number of nitrogens with one attached hydrogen (secondary N) is 1. The molecule has 1 aliphatic heterocycles. The van der Waals surface area contributed by atoms with Crippen LogP contribution in [0.2, 0.25) is 0 Å². The lowest BCUT2D eigenvalue weighted by Crippen LogP contribution is -2.51. The van der Waals surface area contributed by atoms with Crippen LogP contribution >= 0.6 is 0 Å². The van der Waals surface area contributed by atoms with Crippen LogP contribution in [0.3, 0.4) is 0 Å². The molecule has 0 atom stereocenters. The minimum absolute atomic E-state index is 0.0162. The van der Waals surface area contributed by atoms with Crippen molar-refractivity contribution in [2.24, 2.45) is 5.10 Å². The third-order valence-corrected chi connectivity index (χ3v) is 6.07. The summed E-state index contributed by atoms with van der Waals surface area (Å²) >= 11 is 0. The lowest BCUT2D eigenvalue weighted by Gasteiger charge is -2.33. The molecular formula is C28H38N4O2. The van der Waals surface area contributed by atoms with Gasteiger partial charge >= 0.3 is 0 Å². The van der Waals surface area contributed by atoms with Crippen molar-refractivity contribution < 1.29 is 9.59 Å². The Morgan fingerprint density at radius 3 is 2.15 bits per heavy atom. The van der Waals surface area contributed by atoms with E-state index in [2.05, 4.69) is 70.3 Å². The first-order valence-electron chi connectivity index (χ1n) is 11.9. The van der Waals surface area contributed by atoms with Gasteiger partial charge in [0.1, 0.15) is 0 Å². The number of benzene rings is 2. The summed E-state index contributed by atoms with van der Waals surface area (Å²) in [6, 6.07) is 16.5. The largest absolute Gasteiger partial charge is 0.336 e. The van der Waals surface area contributed by atoms with Crippen LogP contribution in [0.4, 0.5) is 0 Å². The highest BCUT2D eigenvalue weighted by molar-refractivity contribution is 5.84. The van der Waals surface area contributed by atoms with Crippen molar-refractivity contribution in [3.8, 4) is 0 Å². The maximum Gasteiger partial charge on any atom is 0.254 e. The van der Waals surface area contributed by atoms with E-state index in [0.29, 0.717) is 19.6 Å². The van der Waals surface area contributed by atoms with Gasteiger partial charge in [0.05, 0.1) is 19.3 Å². The number of hydrazone groups is 1. The van der Waals surface area contributed by atoms with E-state index in [-0.39, 0.29) is 35.7 Å². The topological polar surface area (TPSA) is 65.0 Å². The molecule has 6 heteroatoms.